The predicted molar refractivity (Wildman–Crippen MR) is 234 cm³/mol. The standard InChI is InChI=1S/C47H83O10P/c1-4-5-24-31-42(48)35-36-44-41(34-37-45(44)49)30-26-22-23-28-33-47(51)57-43(39-56-58(52,53)54)38-55-46(50)32-27-21-19-17-15-13-11-9-7-6-8-10-12-14-16-18-20-25-29-40(2)3/h22,26,34-37,40-44,48H,4-21,23-25,27-33,38-39H2,1-3H3,(H2,52,53,54)/b26-22-,36-35+/t41-,42-,43+,44+/m0/s1. The minimum atomic E-state index is -4.81. The van der Waals surface area contributed by atoms with Gasteiger partial charge in [-0.3, -0.25) is 18.9 Å². The number of aliphatic hydroxyl groups excluding tert-OH is 1. The lowest BCUT2D eigenvalue weighted by molar-refractivity contribution is -0.161. The monoisotopic (exact) mass is 839 g/mol. The Kier molecular flexibility index (Phi) is 33.1. The van der Waals surface area contributed by atoms with Gasteiger partial charge in [0.05, 0.1) is 12.7 Å². The zero-order chi connectivity index (χ0) is 42.7. The molecule has 1 aliphatic rings. The Bertz CT molecular complexity index is 1190. The van der Waals surface area contributed by atoms with Crippen LogP contribution in [-0.4, -0.2) is 58.0 Å². The molecule has 0 bridgehead atoms. The Morgan fingerprint density at radius 2 is 1.26 bits per heavy atom. The number of ketones is 1. The summed E-state index contributed by atoms with van der Waals surface area (Å²) < 4.78 is 26.4. The van der Waals surface area contributed by atoms with Crippen LogP contribution in [0.4, 0.5) is 0 Å². The van der Waals surface area contributed by atoms with Gasteiger partial charge in [0.25, 0.3) is 0 Å². The summed E-state index contributed by atoms with van der Waals surface area (Å²) in [6.45, 7) is 5.79. The van der Waals surface area contributed by atoms with Crippen molar-refractivity contribution in [3.8, 4) is 0 Å². The van der Waals surface area contributed by atoms with E-state index < -0.39 is 38.6 Å². The van der Waals surface area contributed by atoms with Gasteiger partial charge in [0, 0.05) is 18.8 Å². The first kappa shape index (κ1) is 53.9. The number of esters is 2. The quantitative estimate of drug-likeness (QED) is 0.0236. The van der Waals surface area contributed by atoms with Crippen molar-refractivity contribution < 1.29 is 47.8 Å². The van der Waals surface area contributed by atoms with Crippen molar-refractivity contribution in [2.24, 2.45) is 17.8 Å². The summed E-state index contributed by atoms with van der Waals surface area (Å²) in [5.74, 6) is -0.424. The van der Waals surface area contributed by atoms with E-state index >= 15 is 0 Å². The van der Waals surface area contributed by atoms with E-state index in [1.165, 1.54) is 96.3 Å². The molecular formula is C47H83O10P. The van der Waals surface area contributed by atoms with Crippen LogP contribution in [0.2, 0.25) is 0 Å². The smallest absolute Gasteiger partial charge is 0.462 e. The highest BCUT2D eigenvalue weighted by Gasteiger charge is 2.27. The summed E-state index contributed by atoms with van der Waals surface area (Å²) >= 11 is 0. The largest absolute Gasteiger partial charge is 0.469 e. The van der Waals surface area contributed by atoms with Crippen LogP contribution >= 0.6 is 7.82 Å². The zero-order valence-corrected chi connectivity index (χ0v) is 37.6. The lowest BCUT2D eigenvalue weighted by Gasteiger charge is -2.18. The summed E-state index contributed by atoms with van der Waals surface area (Å²) in [5.41, 5.74) is 0. The molecule has 0 saturated heterocycles. The van der Waals surface area contributed by atoms with Gasteiger partial charge in [-0.1, -0.05) is 186 Å². The highest BCUT2D eigenvalue weighted by atomic mass is 31.2. The number of allylic oxidation sites excluding steroid dienone is 5. The zero-order valence-electron chi connectivity index (χ0n) is 36.7. The van der Waals surface area contributed by atoms with E-state index in [0.717, 1.165) is 44.4 Å². The van der Waals surface area contributed by atoms with E-state index in [-0.39, 0.29) is 37.1 Å². The van der Waals surface area contributed by atoms with Gasteiger partial charge in [0.15, 0.2) is 11.9 Å². The number of hydrogen-bond donors (Lipinski definition) is 3. The van der Waals surface area contributed by atoms with Gasteiger partial charge in [-0.05, 0) is 50.0 Å². The molecule has 58 heavy (non-hydrogen) atoms. The van der Waals surface area contributed by atoms with E-state index in [1.54, 1.807) is 12.2 Å². The highest BCUT2D eigenvalue weighted by molar-refractivity contribution is 7.46. The fraction of sp³-hybridized carbons (Fsp3) is 0.809. The fourth-order valence-corrected chi connectivity index (χ4v) is 7.62. The summed E-state index contributed by atoms with van der Waals surface area (Å²) in [5, 5.41) is 10.2. The topological polar surface area (TPSA) is 157 Å². The summed E-state index contributed by atoms with van der Waals surface area (Å²) in [7, 11) is -4.81. The minimum absolute atomic E-state index is 0.0170. The maximum absolute atomic E-state index is 12.5. The number of carbonyl (C=O) groups excluding carboxylic acids is 3. The van der Waals surface area contributed by atoms with Gasteiger partial charge in [-0.15, -0.1) is 0 Å². The Labute approximate surface area is 352 Å². The molecule has 1 rings (SSSR count). The number of hydrogen-bond acceptors (Lipinski definition) is 8. The molecule has 11 heteroatoms. The summed E-state index contributed by atoms with van der Waals surface area (Å²) in [4.78, 5) is 55.5. The third kappa shape index (κ3) is 32.7. The second-order valence-electron chi connectivity index (χ2n) is 16.9. The number of phosphoric ester groups is 1. The van der Waals surface area contributed by atoms with Gasteiger partial charge in [0.1, 0.15) is 6.61 Å². The molecule has 1 aliphatic carbocycles. The van der Waals surface area contributed by atoms with E-state index in [9.17, 15) is 24.1 Å². The molecule has 0 amide bonds. The molecule has 0 unspecified atom stereocenters. The van der Waals surface area contributed by atoms with Crippen molar-refractivity contribution in [1.29, 1.82) is 0 Å². The molecule has 0 saturated carbocycles. The van der Waals surface area contributed by atoms with Crippen LogP contribution in [-0.2, 0) is 32.9 Å². The van der Waals surface area contributed by atoms with Crippen LogP contribution in [0.5, 0.6) is 0 Å². The van der Waals surface area contributed by atoms with Gasteiger partial charge in [-0.25, -0.2) is 4.57 Å². The van der Waals surface area contributed by atoms with Gasteiger partial charge >= 0.3 is 19.8 Å². The minimum Gasteiger partial charge on any atom is -0.462 e. The number of carbonyl (C=O) groups is 3. The van der Waals surface area contributed by atoms with Crippen molar-refractivity contribution in [2.75, 3.05) is 13.2 Å². The van der Waals surface area contributed by atoms with Crippen molar-refractivity contribution >= 4 is 25.5 Å². The van der Waals surface area contributed by atoms with E-state index in [2.05, 4.69) is 25.3 Å². The van der Waals surface area contributed by atoms with Crippen LogP contribution in [0.25, 0.3) is 0 Å². The molecule has 0 aliphatic heterocycles. The van der Waals surface area contributed by atoms with Crippen LogP contribution in [0, 0.1) is 17.8 Å². The number of aliphatic hydroxyl groups is 1. The Hall–Kier alpha value is -2.10. The summed E-state index contributed by atoms with van der Waals surface area (Å²) in [6.07, 6.45) is 39.3. The molecule has 10 nitrogen and oxygen atoms in total. The van der Waals surface area contributed by atoms with Gasteiger partial charge < -0.3 is 24.4 Å². The lowest BCUT2D eigenvalue weighted by Crippen LogP contribution is -2.29. The molecule has 0 aromatic rings. The normalized spacial score (nSPS) is 16.9. The highest BCUT2D eigenvalue weighted by Crippen LogP contribution is 2.36. The second kappa shape index (κ2) is 35.6. The van der Waals surface area contributed by atoms with Crippen molar-refractivity contribution in [3.05, 3.63) is 36.5 Å². The molecule has 336 valence electrons. The number of ether oxygens (including phenoxy) is 2. The average molecular weight is 839 g/mol. The average Bonchev–Trinajstić information content (AvgIpc) is 3.53. The van der Waals surface area contributed by atoms with E-state index in [4.69, 9.17) is 19.3 Å². The Morgan fingerprint density at radius 3 is 1.81 bits per heavy atom. The van der Waals surface area contributed by atoms with Crippen molar-refractivity contribution in [2.45, 2.75) is 213 Å². The maximum atomic E-state index is 12.5. The summed E-state index contributed by atoms with van der Waals surface area (Å²) in [6, 6.07) is 0. The first-order valence-electron chi connectivity index (χ1n) is 23.2. The molecule has 4 atom stereocenters. The molecule has 0 spiro atoms. The van der Waals surface area contributed by atoms with Crippen LogP contribution in [0.3, 0.4) is 0 Å². The number of unbranched alkanes of at least 4 members (excludes halogenated alkanes) is 20. The second-order valence-corrected chi connectivity index (χ2v) is 18.1. The predicted octanol–water partition coefficient (Wildman–Crippen LogP) is 12.0. The van der Waals surface area contributed by atoms with Crippen LogP contribution < -0.4 is 0 Å². The Morgan fingerprint density at radius 1 is 0.724 bits per heavy atom. The molecule has 3 N–H and O–H groups in total. The molecule has 0 heterocycles. The van der Waals surface area contributed by atoms with Crippen LogP contribution in [0.1, 0.15) is 201 Å². The molecule has 0 aromatic heterocycles. The molecule has 0 fully saturated rings. The first-order valence-corrected chi connectivity index (χ1v) is 24.7. The molecule has 0 radical (unpaired) electrons. The number of phosphoric acid groups is 1. The van der Waals surface area contributed by atoms with Gasteiger partial charge in [0.2, 0.25) is 0 Å². The van der Waals surface area contributed by atoms with Crippen LogP contribution in [0.15, 0.2) is 36.5 Å². The fourth-order valence-electron chi connectivity index (χ4n) is 7.26. The van der Waals surface area contributed by atoms with Crippen molar-refractivity contribution in [1.82, 2.24) is 0 Å². The SMILES string of the molecule is CCCCC[C@H](O)/C=C/[C@H]1C(=O)C=C[C@@H]1C/C=C\CCCC(=O)O[C@H](COC(=O)CCCCCCCCCCCCCCCCCCCCC(C)C)COP(=O)(O)O. The van der Waals surface area contributed by atoms with E-state index in [0.29, 0.717) is 32.1 Å². The third-order valence-electron chi connectivity index (χ3n) is 10.8. The molecular weight excluding hydrogens is 755 g/mol. The Balaban J connectivity index is 2.16. The maximum Gasteiger partial charge on any atom is 0.469 e. The van der Waals surface area contributed by atoms with Gasteiger partial charge in [-0.2, -0.15) is 0 Å². The third-order valence-corrected chi connectivity index (χ3v) is 11.3. The van der Waals surface area contributed by atoms with Crippen molar-refractivity contribution in [3.63, 3.8) is 0 Å². The lowest BCUT2D eigenvalue weighted by atomic mass is 9.90. The van der Waals surface area contributed by atoms with E-state index in [1.807, 2.05) is 24.3 Å². The number of rotatable bonds is 39. The first-order chi connectivity index (χ1) is 27.9. The molecule has 0 aromatic carbocycles.